The Morgan fingerprint density at radius 2 is 2.19 bits per heavy atom. The lowest BCUT2D eigenvalue weighted by Gasteiger charge is -2.23. The molecule has 0 aliphatic carbocycles. The first kappa shape index (κ1) is 13.0. The van der Waals surface area contributed by atoms with Crippen molar-refractivity contribution in [2.45, 2.75) is 20.5 Å². The molecular formula is C11H21N3O2. The number of anilines is 1. The molecule has 0 aliphatic heterocycles. The summed E-state index contributed by atoms with van der Waals surface area (Å²) in [5.41, 5.74) is 1.79. The van der Waals surface area contributed by atoms with Crippen LogP contribution in [0.2, 0.25) is 0 Å². The third kappa shape index (κ3) is 2.54. The first-order valence-electron chi connectivity index (χ1n) is 5.52. The lowest BCUT2D eigenvalue weighted by molar-refractivity contribution is 0.205. The molecule has 1 rings (SSSR count). The molecule has 0 bridgehead atoms. The number of aryl methyl sites for hydroxylation is 2. The number of ether oxygens (including phenoxy) is 1. The van der Waals surface area contributed by atoms with E-state index in [9.17, 15) is 5.11 Å². The van der Waals surface area contributed by atoms with E-state index in [1.54, 1.807) is 7.11 Å². The molecule has 5 heteroatoms. The average Bonchev–Trinajstić information content (AvgIpc) is 2.55. The molecule has 0 atom stereocenters. The molecule has 5 nitrogen and oxygen atoms in total. The van der Waals surface area contributed by atoms with Crippen molar-refractivity contribution >= 4 is 5.82 Å². The predicted octanol–water partition coefficient (Wildman–Crippen LogP) is 0.694. The smallest absolute Gasteiger partial charge is 0.132 e. The summed E-state index contributed by atoms with van der Waals surface area (Å²) in [4.78, 5) is 2.16. The maximum Gasteiger partial charge on any atom is 0.132 e. The normalized spacial score (nSPS) is 10.8. The van der Waals surface area contributed by atoms with E-state index < -0.39 is 0 Å². The minimum atomic E-state index is 0.0263. The second-order valence-electron chi connectivity index (χ2n) is 3.74. The van der Waals surface area contributed by atoms with Crippen molar-refractivity contribution in [2.24, 2.45) is 7.05 Å². The summed E-state index contributed by atoms with van der Waals surface area (Å²) >= 11 is 0. The maximum atomic E-state index is 9.37. The fourth-order valence-electron chi connectivity index (χ4n) is 1.89. The predicted molar refractivity (Wildman–Crippen MR) is 63.6 cm³/mol. The topological polar surface area (TPSA) is 50.5 Å². The van der Waals surface area contributed by atoms with E-state index in [2.05, 4.69) is 16.9 Å². The number of aromatic nitrogens is 2. The third-order valence-corrected chi connectivity index (χ3v) is 2.72. The van der Waals surface area contributed by atoms with E-state index >= 15 is 0 Å². The molecule has 1 heterocycles. The zero-order valence-corrected chi connectivity index (χ0v) is 10.5. The van der Waals surface area contributed by atoms with Gasteiger partial charge < -0.3 is 14.7 Å². The average molecular weight is 227 g/mol. The summed E-state index contributed by atoms with van der Waals surface area (Å²) in [6.07, 6.45) is 0. The van der Waals surface area contributed by atoms with Gasteiger partial charge in [0.1, 0.15) is 5.82 Å². The van der Waals surface area contributed by atoms with Crippen molar-refractivity contribution in [1.29, 1.82) is 0 Å². The van der Waals surface area contributed by atoms with Crippen molar-refractivity contribution in [3.63, 3.8) is 0 Å². The fraction of sp³-hybridized carbons (Fsp3) is 0.727. The molecular weight excluding hydrogens is 206 g/mol. The van der Waals surface area contributed by atoms with E-state index in [0.29, 0.717) is 6.61 Å². The molecule has 92 valence electrons. The summed E-state index contributed by atoms with van der Waals surface area (Å²) in [5.74, 6) is 0.986. The van der Waals surface area contributed by atoms with Crippen molar-refractivity contribution in [2.75, 3.05) is 31.7 Å². The van der Waals surface area contributed by atoms with Crippen LogP contribution in [0.4, 0.5) is 5.82 Å². The van der Waals surface area contributed by atoms with Crippen LogP contribution >= 0.6 is 0 Å². The Balaban J connectivity index is 2.98. The monoisotopic (exact) mass is 227 g/mol. The van der Waals surface area contributed by atoms with Crippen LogP contribution in [0.15, 0.2) is 0 Å². The minimum Gasteiger partial charge on any atom is -0.391 e. The van der Waals surface area contributed by atoms with Gasteiger partial charge >= 0.3 is 0 Å². The lowest BCUT2D eigenvalue weighted by atomic mass is 10.2. The van der Waals surface area contributed by atoms with E-state index in [4.69, 9.17) is 4.74 Å². The van der Waals surface area contributed by atoms with Gasteiger partial charge in [0.15, 0.2) is 0 Å². The van der Waals surface area contributed by atoms with Crippen LogP contribution in [-0.4, -0.2) is 41.7 Å². The van der Waals surface area contributed by atoms with E-state index in [0.717, 1.165) is 30.2 Å². The summed E-state index contributed by atoms with van der Waals surface area (Å²) in [5, 5.41) is 13.7. The molecule has 1 aromatic heterocycles. The Bertz CT molecular complexity index is 336. The van der Waals surface area contributed by atoms with Crippen molar-refractivity contribution < 1.29 is 9.84 Å². The molecule has 0 fully saturated rings. The van der Waals surface area contributed by atoms with Gasteiger partial charge in [0.05, 0.1) is 18.9 Å². The minimum absolute atomic E-state index is 0.0263. The standard InChI is InChI=1S/C11H21N3O2/c1-5-14(6-7-16-4)11-10(8-15)9(2)12-13(11)3/h15H,5-8H2,1-4H3. The molecule has 0 amide bonds. The number of nitrogens with zero attached hydrogens (tertiary/aromatic N) is 3. The van der Waals surface area contributed by atoms with Crippen LogP contribution in [0.1, 0.15) is 18.2 Å². The van der Waals surface area contributed by atoms with Crippen molar-refractivity contribution in [1.82, 2.24) is 9.78 Å². The molecule has 1 aromatic rings. The SMILES string of the molecule is CCN(CCOC)c1c(CO)c(C)nn1C. The number of rotatable bonds is 6. The summed E-state index contributed by atoms with van der Waals surface area (Å²) < 4.78 is 6.90. The van der Waals surface area contributed by atoms with Gasteiger partial charge in [-0.3, -0.25) is 4.68 Å². The number of methoxy groups -OCH3 is 1. The highest BCUT2D eigenvalue weighted by molar-refractivity contribution is 5.49. The molecule has 0 spiro atoms. The number of hydrogen-bond donors (Lipinski definition) is 1. The highest BCUT2D eigenvalue weighted by atomic mass is 16.5. The van der Waals surface area contributed by atoms with Crippen LogP contribution in [0, 0.1) is 6.92 Å². The summed E-state index contributed by atoms with van der Waals surface area (Å²) in [6, 6.07) is 0. The zero-order valence-electron chi connectivity index (χ0n) is 10.5. The largest absolute Gasteiger partial charge is 0.391 e. The molecule has 0 aliphatic rings. The number of aliphatic hydroxyl groups excluding tert-OH is 1. The van der Waals surface area contributed by atoms with Gasteiger partial charge in [-0.2, -0.15) is 5.10 Å². The van der Waals surface area contributed by atoms with Gasteiger partial charge in [0.2, 0.25) is 0 Å². The van der Waals surface area contributed by atoms with Gasteiger partial charge in [0, 0.05) is 32.8 Å². The first-order chi connectivity index (χ1) is 7.65. The highest BCUT2D eigenvalue weighted by Crippen LogP contribution is 2.22. The van der Waals surface area contributed by atoms with Crippen molar-refractivity contribution in [3.05, 3.63) is 11.3 Å². The van der Waals surface area contributed by atoms with Gasteiger partial charge in [0.25, 0.3) is 0 Å². The quantitative estimate of drug-likeness (QED) is 0.777. The van der Waals surface area contributed by atoms with Crippen LogP contribution in [0.3, 0.4) is 0 Å². The van der Waals surface area contributed by atoms with E-state index in [1.165, 1.54) is 0 Å². The van der Waals surface area contributed by atoms with Crippen molar-refractivity contribution in [3.8, 4) is 0 Å². The van der Waals surface area contributed by atoms with Crippen LogP contribution in [0.25, 0.3) is 0 Å². The molecule has 0 saturated carbocycles. The van der Waals surface area contributed by atoms with Gasteiger partial charge in [-0.05, 0) is 13.8 Å². The molecule has 0 unspecified atom stereocenters. The molecule has 16 heavy (non-hydrogen) atoms. The summed E-state index contributed by atoms with van der Waals surface area (Å²) in [6.45, 7) is 6.37. The highest BCUT2D eigenvalue weighted by Gasteiger charge is 2.17. The zero-order chi connectivity index (χ0) is 12.1. The Morgan fingerprint density at radius 1 is 1.50 bits per heavy atom. The molecule has 0 radical (unpaired) electrons. The first-order valence-corrected chi connectivity index (χ1v) is 5.52. The Hall–Kier alpha value is -1.07. The number of aliphatic hydroxyl groups is 1. The Morgan fingerprint density at radius 3 is 2.69 bits per heavy atom. The van der Waals surface area contributed by atoms with Gasteiger partial charge in [-0.15, -0.1) is 0 Å². The third-order valence-electron chi connectivity index (χ3n) is 2.72. The van der Waals surface area contributed by atoms with Crippen LogP contribution < -0.4 is 4.90 Å². The van der Waals surface area contributed by atoms with Gasteiger partial charge in [-0.25, -0.2) is 0 Å². The second kappa shape index (κ2) is 5.86. The Labute approximate surface area is 96.6 Å². The van der Waals surface area contributed by atoms with E-state index in [-0.39, 0.29) is 6.61 Å². The number of likely N-dealkylation sites (N-methyl/N-ethyl adjacent to an activating group) is 1. The van der Waals surface area contributed by atoms with E-state index in [1.807, 2.05) is 18.7 Å². The Kier molecular flexibility index (Phi) is 4.76. The summed E-state index contributed by atoms with van der Waals surface area (Å²) in [7, 11) is 3.59. The fourth-order valence-corrected chi connectivity index (χ4v) is 1.89. The maximum absolute atomic E-state index is 9.37. The second-order valence-corrected chi connectivity index (χ2v) is 3.74. The molecule has 0 saturated heterocycles. The lowest BCUT2D eigenvalue weighted by Crippen LogP contribution is -2.29. The molecule has 0 aromatic carbocycles. The van der Waals surface area contributed by atoms with Crippen LogP contribution in [0.5, 0.6) is 0 Å². The molecule has 1 N–H and O–H groups in total. The number of hydrogen-bond acceptors (Lipinski definition) is 4. The van der Waals surface area contributed by atoms with Gasteiger partial charge in [-0.1, -0.05) is 0 Å². The van der Waals surface area contributed by atoms with Crippen LogP contribution in [-0.2, 0) is 18.4 Å².